The van der Waals surface area contributed by atoms with Gasteiger partial charge in [-0.25, -0.2) is 16.8 Å². The number of anilines is 1. The van der Waals surface area contributed by atoms with Crippen molar-refractivity contribution in [3.8, 4) is 11.5 Å². The van der Waals surface area contributed by atoms with Crippen LogP contribution in [0.1, 0.15) is 36.0 Å². The number of sulfonamides is 1. The van der Waals surface area contributed by atoms with E-state index in [4.69, 9.17) is 4.42 Å². The summed E-state index contributed by atoms with van der Waals surface area (Å²) in [5.74, 6) is -0.435. The maximum atomic E-state index is 12.9. The Labute approximate surface area is 198 Å². The number of carbonyl (C=O) groups is 1. The van der Waals surface area contributed by atoms with Gasteiger partial charge < -0.3 is 4.42 Å². The van der Waals surface area contributed by atoms with Gasteiger partial charge in [0.15, 0.2) is 9.84 Å². The zero-order valence-electron chi connectivity index (χ0n) is 18.5. The number of carbonyl (C=O) groups excluding carboxylic acids is 1. The Morgan fingerprint density at radius 2 is 1.44 bits per heavy atom. The maximum absolute atomic E-state index is 12.9. The summed E-state index contributed by atoms with van der Waals surface area (Å²) in [5.41, 5.74) is 0.718. The lowest BCUT2D eigenvalue weighted by Gasteiger charge is -2.19. The van der Waals surface area contributed by atoms with E-state index in [0.717, 1.165) is 31.9 Å². The van der Waals surface area contributed by atoms with Gasteiger partial charge in [0.1, 0.15) is 0 Å². The summed E-state index contributed by atoms with van der Waals surface area (Å²) in [6.45, 7) is 1.00. The lowest BCUT2D eigenvalue weighted by molar-refractivity contribution is 0.102. The fraction of sp³-hybridized carbons (Fsp3) is 0.318. The summed E-state index contributed by atoms with van der Waals surface area (Å²) in [5, 5.41) is 10.1. The molecule has 10 nitrogen and oxygen atoms in total. The van der Waals surface area contributed by atoms with Crippen molar-refractivity contribution < 1.29 is 26.0 Å². The summed E-state index contributed by atoms with van der Waals surface area (Å²) in [7, 11) is -6.93. The molecule has 0 spiro atoms. The Kier molecular flexibility index (Phi) is 6.82. The zero-order chi connectivity index (χ0) is 24.3. The molecule has 1 fully saturated rings. The standard InChI is InChI=1S/C22H24N4O6S2/c1-33(28,29)18-10-8-17(9-11-18)21-24-25-22(32-21)23-20(27)16-6-12-19(13-7-16)34(30,31)26-14-4-2-3-5-15-26/h6-13H,2-5,14-15H2,1H3,(H,23,25,27). The van der Waals surface area contributed by atoms with Crippen LogP contribution in [0.25, 0.3) is 11.5 Å². The molecule has 0 atom stereocenters. The predicted molar refractivity (Wildman–Crippen MR) is 124 cm³/mol. The number of nitrogens with zero attached hydrogens (tertiary/aromatic N) is 3. The van der Waals surface area contributed by atoms with Gasteiger partial charge in [0, 0.05) is 30.5 Å². The molecule has 0 unspecified atom stereocenters. The van der Waals surface area contributed by atoms with Gasteiger partial charge in [0.2, 0.25) is 15.9 Å². The van der Waals surface area contributed by atoms with E-state index in [2.05, 4.69) is 15.5 Å². The highest BCUT2D eigenvalue weighted by Gasteiger charge is 2.25. The summed E-state index contributed by atoms with van der Waals surface area (Å²) in [6.07, 6.45) is 4.84. The largest absolute Gasteiger partial charge is 0.403 e. The molecule has 1 aliphatic heterocycles. The van der Waals surface area contributed by atoms with Crippen LogP contribution in [0.5, 0.6) is 0 Å². The third-order valence-electron chi connectivity index (χ3n) is 5.49. The van der Waals surface area contributed by atoms with Gasteiger partial charge in [-0.3, -0.25) is 10.1 Å². The number of benzene rings is 2. The highest BCUT2D eigenvalue weighted by molar-refractivity contribution is 7.90. The van der Waals surface area contributed by atoms with Crippen molar-refractivity contribution in [2.24, 2.45) is 0 Å². The lowest BCUT2D eigenvalue weighted by Crippen LogP contribution is -2.31. The van der Waals surface area contributed by atoms with E-state index in [1.807, 2.05) is 0 Å². The highest BCUT2D eigenvalue weighted by Crippen LogP contribution is 2.23. The fourth-order valence-electron chi connectivity index (χ4n) is 3.61. The number of hydrogen-bond donors (Lipinski definition) is 1. The van der Waals surface area contributed by atoms with Gasteiger partial charge in [0.05, 0.1) is 9.79 Å². The number of amides is 1. The number of rotatable bonds is 6. The highest BCUT2D eigenvalue weighted by atomic mass is 32.2. The van der Waals surface area contributed by atoms with Crippen molar-refractivity contribution in [3.05, 3.63) is 54.1 Å². The normalized spacial score (nSPS) is 15.6. The zero-order valence-corrected chi connectivity index (χ0v) is 20.1. The first-order valence-corrected chi connectivity index (χ1v) is 14.0. The minimum absolute atomic E-state index is 0.106. The van der Waals surface area contributed by atoms with E-state index in [0.29, 0.717) is 18.7 Å². The van der Waals surface area contributed by atoms with E-state index >= 15 is 0 Å². The first kappa shape index (κ1) is 24.0. The van der Waals surface area contributed by atoms with Crippen molar-refractivity contribution in [1.29, 1.82) is 0 Å². The molecule has 1 aliphatic rings. The SMILES string of the molecule is CS(=O)(=O)c1ccc(-c2nnc(NC(=O)c3ccc(S(=O)(=O)N4CCCCCC4)cc3)o2)cc1. The Balaban J connectivity index is 1.44. The third kappa shape index (κ3) is 5.34. The van der Waals surface area contributed by atoms with E-state index < -0.39 is 25.8 Å². The van der Waals surface area contributed by atoms with Crippen LogP contribution >= 0.6 is 0 Å². The minimum atomic E-state index is -3.60. The molecule has 0 radical (unpaired) electrons. The van der Waals surface area contributed by atoms with Gasteiger partial charge in [-0.05, 0) is 61.4 Å². The monoisotopic (exact) mass is 504 g/mol. The molecule has 180 valence electrons. The number of aromatic nitrogens is 2. The van der Waals surface area contributed by atoms with Crippen LogP contribution in [0.15, 0.2) is 62.7 Å². The van der Waals surface area contributed by atoms with Gasteiger partial charge in [-0.1, -0.05) is 17.9 Å². The molecule has 0 saturated carbocycles. The summed E-state index contributed by atoms with van der Waals surface area (Å²) >= 11 is 0. The summed E-state index contributed by atoms with van der Waals surface area (Å²) in [4.78, 5) is 12.9. The second-order valence-corrected chi connectivity index (χ2v) is 12.0. The van der Waals surface area contributed by atoms with Gasteiger partial charge in [-0.15, -0.1) is 5.10 Å². The number of nitrogens with one attached hydrogen (secondary N) is 1. The molecule has 1 aromatic heterocycles. The molecular formula is C22H24N4O6S2. The van der Waals surface area contributed by atoms with Crippen LogP contribution in [-0.2, 0) is 19.9 Å². The molecule has 1 saturated heterocycles. The second kappa shape index (κ2) is 9.65. The molecule has 4 rings (SSSR count). The third-order valence-corrected chi connectivity index (χ3v) is 8.54. The second-order valence-electron chi connectivity index (χ2n) is 8.01. The van der Waals surface area contributed by atoms with E-state index in [1.165, 1.54) is 52.8 Å². The lowest BCUT2D eigenvalue weighted by atomic mass is 10.2. The van der Waals surface area contributed by atoms with Crippen molar-refractivity contribution in [1.82, 2.24) is 14.5 Å². The minimum Gasteiger partial charge on any atom is -0.403 e. The smallest absolute Gasteiger partial charge is 0.322 e. The van der Waals surface area contributed by atoms with Crippen molar-refractivity contribution in [2.45, 2.75) is 35.5 Å². The fourth-order valence-corrected chi connectivity index (χ4v) is 5.76. The van der Waals surface area contributed by atoms with Crippen molar-refractivity contribution in [3.63, 3.8) is 0 Å². The molecule has 1 N–H and O–H groups in total. The van der Waals surface area contributed by atoms with E-state index in [-0.39, 0.29) is 27.3 Å². The average Bonchev–Trinajstić information content (AvgIpc) is 3.09. The predicted octanol–water partition coefficient (Wildman–Crippen LogP) is 2.96. The molecule has 0 aliphatic carbocycles. The molecular weight excluding hydrogens is 480 g/mol. The van der Waals surface area contributed by atoms with Gasteiger partial charge in [-0.2, -0.15) is 4.31 Å². The Morgan fingerprint density at radius 1 is 0.853 bits per heavy atom. The molecule has 2 heterocycles. The van der Waals surface area contributed by atoms with Crippen molar-refractivity contribution in [2.75, 3.05) is 24.7 Å². The van der Waals surface area contributed by atoms with Crippen LogP contribution in [0.3, 0.4) is 0 Å². The van der Waals surface area contributed by atoms with Crippen LogP contribution in [-0.4, -0.2) is 56.6 Å². The van der Waals surface area contributed by atoms with E-state index in [1.54, 1.807) is 0 Å². The molecule has 34 heavy (non-hydrogen) atoms. The molecule has 2 aromatic carbocycles. The van der Waals surface area contributed by atoms with Crippen LogP contribution in [0.4, 0.5) is 6.01 Å². The topological polar surface area (TPSA) is 140 Å². The molecule has 3 aromatic rings. The first-order chi connectivity index (χ1) is 16.1. The van der Waals surface area contributed by atoms with Crippen LogP contribution in [0, 0.1) is 0 Å². The van der Waals surface area contributed by atoms with Gasteiger partial charge in [0.25, 0.3) is 5.91 Å². The summed E-state index contributed by atoms with van der Waals surface area (Å²) < 4.78 is 55.9. The first-order valence-electron chi connectivity index (χ1n) is 10.7. The van der Waals surface area contributed by atoms with Crippen molar-refractivity contribution >= 4 is 31.8 Å². The Morgan fingerprint density at radius 3 is 2.03 bits per heavy atom. The van der Waals surface area contributed by atoms with E-state index in [9.17, 15) is 21.6 Å². The average molecular weight is 505 g/mol. The van der Waals surface area contributed by atoms with Crippen LogP contribution < -0.4 is 5.32 Å². The molecule has 0 bridgehead atoms. The maximum Gasteiger partial charge on any atom is 0.322 e. The Bertz CT molecular complexity index is 1370. The summed E-state index contributed by atoms with van der Waals surface area (Å²) in [6, 6.07) is 11.5. The molecule has 12 heteroatoms. The van der Waals surface area contributed by atoms with Crippen LogP contribution in [0.2, 0.25) is 0 Å². The number of hydrogen-bond acceptors (Lipinski definition) is 8. The molecule has 1 amide bonds. The quantitative estimate of drug-likeness (QED) is 0.540. The number of sulfone groups is 1. The van der Waals surface area contributed by atoms with Gasteiger partial charge >= 0.3 is 6.01 Å². The Hall–Kier alpha value is -3.09.